The Morgan fingerprint density at radius 1 is 0.973 bits per heavy atom. The molecule has 9 heteroatoms. The molecule has 0 N–H and O–H groups in total. The average Bonchev–Trinajstić information content (AvgIpc) is 3.07. The molecule has 4 heterocycles. The van der Waals surface area contributed by atoms with Crippen molar-refractivity contribution in [2.45, 2.75) is 45.2 Å². The van der Waals surface area contributed by atoms with Gasteiger partial charge >= 0.3 is 5.69 Å². The highest BCUT2D eigenvalue weighted by molar-refractivity contribution is 5.80. The number of hydrogen-bond donors (Lipinski definition) is 0. The first-order valence-electron chi connectivity index (χ1n) is 12.7. The molecule has 0 atom stereocenters. The van der Waals surface area contributed by atoms with E-state index in [1.807, 2.05) is 36.1 Å². The van der Waals surface area contributed by atoms with Gasteiger partial charge in [0.1, 0.15) is 6.54 Å². The molecule has 2 amide bonds. The smallest absolute Gasteiger partial charge is 0.331 e. The number of nitrogens with zero attached hydrogens (tertiary/aromatic N) is 5. The SMILES string of the molecule is Cc1cccc(-c2cn(CC(=O)N3CCC(N4CCc5ccccc5CC4=O)CC3)c(=O)n(C)c2=O)n1. The highest BCUT2D eigenvalue weighted by atomic mass is 16.2. The quantitative estimate of drug-likeness (QED) is 0.540. The summed E-state index contributed by atoms with van der Waals surface area (Å²) in [5.41, 5.74) is 2.84. The van der Waals surface area contributed by atoms with Crippen LogP contribution in [0, 0.1) is 6.92 Å². The van der Waals surface area contributed by atoms with Gasteiger partial charge in [-0.1, -0.05) is 30.3 Å². The van der Waals surface area contributed by atoms with Crippen LogP contribution < -0.4 is 11.2 Å². The second-order valence-corrected chi connectivity index (χ2v) is 9.88. The van der Waals surface area contributed by atoms with Crippen molar-refractivity contribution in [3.63, 3.8) is 0 Å². The van der Waals surface area contributed by atoms with Crippen molar-refractivity contribution in [2.24, 2.45) is 7.05 Å². The molecule has 9 nitrogen and oxygen atoms in total. The van der Waals surface area contributed by atoms with E-state index in [-0.39, 0.29) is 30.0 Å². The van der Waals surface area contributed by atoms with E-state index in [4.69, 9.17) is 0 Å². The summed E-state index contributed by atoms with van der Waals surface area (Å²) in [6, 6.07) is 13.6. The van der Waals surface area contributed by atoms with Crippen molar-refractivity contribution in [3.8, 4) is 11.3 Å². The summed E-state index contributed by atoms with van der Waals surface area (Å²) in [4.78, 5) is 59.8. The highest BCUT2D eigenvalue weighted by Crippen LogP contribution is 2.23. The maximum absolute atomic E-state index is 13.2. The molecular formula is C28H31N5O4. The average molecular weight is 502 g/mol. The molecule has 0 saturated carbocycles. The summed E-state index contributed by atoms with van der Waals surface area (Å²) in [6.07, 6.45) is 4.10. The second-order valence-electron chi connectivity index (χ2n) is 9.88. The van der Waals surface area contributed by atoms with Gasteiger partial charge in [0.05, 0.1) is 17.7 Å². The number of rotatable bonds is 4. The number of pyridine rings is 1. The molecule has 2 aliphatic heterocycles. The zero-order valence-corrected chi connectivity index (χ0v) is 21.2. The van der Waals surface area contributed by atoms with Crippen LogP contribution in [0.25, 0.3) is 11.3 Å². The van der Waals surface area contributed by atoms with Crippen LogP contribution in [0.2, 0.25) is 0 Å². The van der Waals surface area contributed by atoms with Gasteiger partial charge in [-0.15, -0.1) is 0 Å². The van der Waals surface area contributed by atoms with E-state index in [1.54, 1.807) is 17.0 Å². The first kappa shape index (κ1) is 24.7. The fraction of sp³-hybridized carbons (Fsp3) is 0.393. The minimum absolute atomic E-state index is 0.102. The molecule has 0 unspecified atom stereocenters. The first-order valence-corrected chi connectivity index (χ1v) is 12.7. The Hall–Kier alpha value is -4.01. The summed E-state index contributed by atoms with van der Waals surface area (Å²) in [5.74, 6) is -0.0410. The van der Waals surface area contributed by atoms with Gasteiger partial charge in [-0.3, -0.25) is 28.5 Å². The second kappa shape index (κ2) is 10.2. The molecule has 0 bridgehead atoms. The maximum Gasteiger partial charge on any atom is 0.331 e. The predicted molar refractivity (Wildman–Crippen MR) is 139 cm³/mol. The molecule has 5 rings (SSSR count). The number of aryl methyl sites for hydroxylation is 1. The van der Waals surface area contributed by atoms with Gasteiger partial charge in [-0.2, -0.15) is 0 Å². The molecule has 1 fully saturated rings. The molecule has 3 aromatic rings. The lowest BCUT2D eigenvalue weighted by molar-refractivity contribution is -0.136. The summed E-state index contributed by atoms with van der Waals surface area (Å²) < 4.78 is 2.30. The minimum atomic E-state index is -0.542. The minimum Gasteiger partial charge on any atom is -0.341 e. The fourth-order valence-electron chi connectivity index (χ4n) is 5.37. The van der Waals surface area contributed by atoms with Crippen molar-refractivity contribution >= 4 is 11.8 Å². The number of likely N-dealkylation sites (tertiary alicyclic amines) is 1. The van der Waals surface area contributed by atoms with E-state index in [1.165, 1.54) is 23.4 Å². The summed E-state index contributed by atoms with van der Waals surface area (Å²) >= 11 is 0. The van der Waals surface area contributed by atoms with Crippen LogP contribution in [0.1, 0.15) is 29.7 Å². The topological polar surface area (TPSA) is 97.5 Å². The van der Waals surface area contributed by atoms with Crippen LogP contribution in [-0.4, -0.2) is 61.4 Å². The van der Waals surface area contributed by atoms with Gasteiger partial charge in [0.2, 0.25) is 11.8 Å². The van der Waals surface area contributed by atoms with E-state index in [2.05, 4.69) is 11.1 Å². The Bertz CT molecular complexity index is 1470. The number of benzene rings is 1. The predicted octanol–water partition coefficient (Wildman–Crippen LogP) is 1.54. The monoisotopic (exact) mass is 501 g/mol. The molecule has 1 aromatic carbocycles. The van der Waals surface area contributed by atoms with Crippen molar-refractivity contribution in [2.75, 3.05) is 19.6 Å². The number of hydrogen-bond acceptors (Lipinski definition) is 5. The van der Waals surface area contributed by atoms with Crippen LogP contribution in [-0.2, 0) is 36.0 Å². The molecule has 2 aliphatic rings. The van der Waals surface area contributed by atoms with Crippen LogP contribution in [0.4, 0.5) is 0 Å². The maximum atomic E-state index is 13.2. The van der Waals surface area contributed by atoms with E-state index in [0.717, 1.165) is 22.2 Å². The Labute approximate surface area is 215 Å². The lowest BCUT2D eigenvalue weighted by Gasteiger charge is -2.38. The van der Waals surface area contributed by atoms with Gasteiger partial charge < -0.3 is 9.80 Å². The molecule has 2 aromatic heterocycles. The summed E-state index contributed by atoms with van der Waals surface area (Å²) in [6.45, 7) is 3.40. The molecule has 0 aliphatic carbocycles. The molecule has 0 spiro atoms. The normalized spacial score (nSPS) is 16.4. The Kier molecular flexibility index (Phi) is 6.78. The standard InChI is InChI=1S/C28H31N5O4/c1-19-6-5-9-24(29-19)23-17-32(28(37)30(2)27(23)36)18-26(35)31-13-11-22(12-14-31)33-15-10-20-7-3-4-8-21(20)16-25(33)34/h3-9,17,22H,10-16,18H2,1-2H3. The fourth-order valence-corrected chi connectivity index (χ4v) is 5.37. The third-order valence-corrected chi connectivity index (χ3v) is 7.48. The molecule has 192 valence electrons. The Morgan fingerprint density at radius 2 is 1.70 bits per heavy atom. The third kappa shape index (κ3) is 4.98. The number of aromatic nitrogens is 3. The Morgan fingerprint density at radius 3 is 2.43 bits per heavy atom. The summed E-state index contributed by atoms with van der Waals surface area (Å²) in [5, 5.41) is 0. The molecule has 37 heavy (non-hydrogen) atoms. The van der Waals surface area contributed by atoms with Gasteiger partial charge in [-0.25, -0.2) is 4.79 Å². The van der Waals surface area contributed by atoms with Crippen LogP contribution in [0.15, 0.2) is 58.3 Å². The van der Waals surface area contributed by atoms with Crippen LogP contribution in [0.3, 0.4) is 0 Å². The third-order valence-electron chi connectivity index (χ3n) is 7.48. The number of carbonyl (C=O) groups is 2. The van der Waals surface area contributed by atoms with Crippen molar-refractivity contribution in [1.29, 1.82) is 0 Å². The van der Waals surface area contributed by atoms with Crippen molar-refractivity contribution in [1.82, 2.24) is 23.9 Å². The van der Waals surface area contributed by atoms with E-state index < -0.39 is 11.2 Å². The van der Waals surface area contributed by atoms with Gasteiger partial charge in [-0.05, 0) is 49.4 Å². The number of piperidine rings is 1. The zero-order valence-electron chi connectivity index (χ0n) is 21.2. The zero-order chi connectivity index (χ0) is 26.1. The molecule has 1 saturated heterocycles. The largest absolute Gasteiger partial charge is 0.341 e. The number of carbonyl (C=O) groups excluding carboxylic acids is 2. The lowest BCUT2D eigenvalue weighted by atomic mass is 10.0. The van der Waals surface area contributed by atoms with E-state index in [0.29, 0.717) is 44.6 Å². The van der Waals surface area contributed by atoms with Crippen LogP contribution >= 0.6 is 0 Å². The Balaban J connectivity index is 1.26. The number of fused-ring (bicyclic) bond motifs is 1. The van der Waals surface area contributed by atoms with Gasteiger partial charge in [0.15, 0.2) is 0 Å². The highest BCUT2D eigenvalue weighted by Gasteiger charge is 2.31. The lowest BCUT2D eigenvalue weighted by Crippen LogP contribution is -2.50. The van der Waals surface area contributed by atoms with E-state index >= 15 is 0 Å². The van der Waals surface area contributed by atoms with Crippen molar-refractivity contribution in [3.05, 3.63) is 86.3 Å². The summed E-state index contributed by atoms with van der Waals surface area (Å²) in [7, 11) is 1.41. The van der Waals surface area contributed by atoms with Gasteiger partial charge in [0, 0.05) is 44.6 Å². The van der Waals surface area contributed by atoms with Gasteiger partial charge in [0.25, 0.3) is 5.56 Å². The first-order chi connectivity index (χ1) is 17.8. The van der Waals surface area contributed by atoms with Crippen molar-refractivity contribution < 1.29 is 9.59 Å². The molecule has 0 radical (unpaired) electrons. The van der Waals surface area contributed by atoms with Crippen LogP contribution in [0.5, 0.6) is 0 Å². The molecular weight excluding hydrogens is 470 g/mol. The van der Waals surface area contributed by atoms with E-state index in [9.17, 15) is 19.2 Å². The number of amides is 2.